The molecule has 434 valence electrons. The second kappa shape index (κ2) is 26.1. The number of rotatable bonds is 21. The van der Waals surface area contributed by atoms with Crippen molar-refractivity contribution in [2.75, 3.05) is 36.8 Å². The zero-order valence-corrected chi connectivity index (χ0v) is 48.9. The minimum Gasteiger partial charge on any atom is -0.480 e. The number of amides is 4. The first kappa shape index (κ1) is 62.3. The van der Waals surface area contributed by atoms with Gasteiger partial charge in [-0.3, -0.25) is 43.4 Å². The number of benzene rings is 2. The molecule has 0 aliphatic carbocycles. The van der Waals surface area contributed by atoms with E-state index in [9.17, 15) is 43.5 Å². The van der Waals surface area contributed by atoms with Gasteiger partial charge in [-0.05, 0) is 100 Å². The number of anilines is 2. The third-order valence-electron chi connectivity index (χ3n) is 12.9. The van der Waals surface area contributed by atoms with Gasteiger partial charge >= 0.3 is 23.9 Å². The van der Waals surface area contributed by atoms with Gasteiger partial charge in [0, 0.05) is 88.5 Å². The number of esters is 3. The molecule has 24 heteroatoms. The number of carbonyl (C=O) groups excluding carboxylic acids is 7. The smallest absolute Gasteiger partial charge is 0.326 e. The van der Waals surface area contributed by atoms with E-state index in [1.807, 2.05) is 27.8 Å². The van der Waals surface area contributed by atoms with Gasteiger partial charge in [0.1, 0.15) is 28.9 Å². The van der Waals surface area contributed by atoms with E-state index >= 15 is 0 Å². The first-order valence-corrected chi connectivity index (χ1v) is 27.3. The van der Waals surface area contributed by atoms with Crippen molar-refractivity contribution in [2.24, 2.45) is 14.1 Å². The Hall–Kier alpha value is -6.88. The predicted octanol–water partition coefficient (Wildman–Crippen LogP) is 6.77. The number of imidazole rings is 2. The van der Waals surface area contributed by atoms with Crippen LogP contribution in [0.4, 0.5) is 11.4 Å². The van der Waals surface area contributed by atoms with Gasteiger partial charge in [-0.2, -0.15) is 0 Å². The molecule has 0 bridgehead atoms. The largest absolute Gasteiger partial charge is 0.480 e. The average molecular weight is 1150 g/mol. The van der Waals surface area contributed by atoms with Crippen molar-refractivity contribution in [1.29, 1.82) is 0 Å². The zero-order chi connectivity index (χ0) is 59.0. The van der Waals surface area contributed by atoms with Crippen molar-refractivity contribution < 1.29 is 57.7 Å². The normalized spacial score (nSPS) is 14.7. The van der Waals surface area contributed by atoms with Gasteiger partial charge in [0.2, 0.25) is 11.8 Å². The third kappa shape index (κ3) is 17.3. The Morgan fingerprint density at radius 2 is 1.01 bits per heavy atom. The van der Waals surface area contributed by atoms with Crippen molar-refractivity contribution in [3.8, 4) is 11.1 Å². The predicted molar refractivity (Wildman–Crippen MR) is 299 cm³/mol. The monoisotopic (exact) mass is 1150 g/mol. The Balaban J connectivity index is 1.04. The fraction of sp³-hybridized carbons (Fsp3) is 0.536. The summed E-state index contributed by atoms with van der Waals surface area (Å²) in [4.78, 5) is 118. The minimum absolute atomic E-state index is 0.0596. The molecule has 4 amide bonds. The van der Waals surface area contributed by atoms with Crippen molar-refractivity contribution >= 4 is 82.1 Å². The number of nitrogens with one attached hydrogen (secondary N) is 4. The lowest BCUT2D eigenvalue weighted by atomic mass is 10.0. The first-order chi connectivity index (χ1) is 37.4. The molecule has 2 aromatic heterocycles. The molecule has 2 atom stereocenters. The van der Waals surface area contributed by atoms with Crippen LogP contribution in [0.2, 0.25) is 10.0 Å². The van der Waals surface area contributed by atoms with Crippen LogP contribution >= 0.6 is 23.2 Å². The lowest BCUT2D eigenvalue weighted by Gasteiger charge is -2.26. The maximum Gasteiger partial charge on any atom is 0.326 e. The Bertz CT molecular complexity index is 3010. The van der Waals surface area contributed by atoms with E-state index in [1.165, 1.54) is 0 Å². The highest BCUT2D eigenvalue weighted by molar-refractivity contribution is 6.40. The Kier molecular flexibility index (Phi) is 20.4. The highest BCUT2D eigenvalue weighted by Gasteiger charge is 2.34. The number of nitrogens with zero attached hydrogens (tertiary/aromatic N) is 6. The van der Waals surface area contributed by atoms with E-state index in [-0.39, 0.29) is 34.1 Å². The molecule has 0 radical (unpaired) electrons. The van der Waals surface area contributed by atoms with Gasteiger partial charge in [0.15, 0.2) is 11.6 Å². The minimum atomic E-state index is -1.70. The summed E-state index contributed by atoms with van der Waals surface area (Å²) >= 11 is 14.0. The third-order valence-corrected chi connectivity index (χ3v) is 13.7. The van der Waals surface area contributed by atoms with Gasteiger partial charge in [0.05, 0.1) is 45.6 Å². The number of halogens is 2. The van der Waals surface area contributed by atoms with E-state index in [2.05, 4.69) is 31.1 Å². The van der Waals surface area contributed by atoms with Crippen LogP contribution in [0.1, 0.15) is 145 Å². The summed E-state index contributed by atoms with van der Waals surface area (Å²) in [5.41, 5.74) is 2.56. The Labute approximate surface area is 475 Å². The number of ether oxygens (including phenoxy) is 3. The second-order valence-electron chi connectivity index (χ2n) is 23.0. The number of carboxylic acid groups (broad SMARTS) is 1. The first-order valence-electron chi connectivity index (χ1n) is 26.6. The van der Waals surface area contributed by atoms with Crippen LogP contribution in [0.5, 0.6) is 0 Å². The van der Waals surface area contributed by atoms with Crippen molar-refractivity contribution in [3.05, 3.63) is 80.9 Å². The molecule has 5 N–H and O–H groups in total. The zero-order valence-electron chi connectivity index (χ0n) is 47.4. The van der Waals surface area contributed by atoms with E-state index in [4.69, 9.17) is 47.4 Å². The maximum absolute atomic E-state index is 13.9. The SMILES string of the molecule is Cn1c(C(=O)Nc2cccc(-c3cccc(NC(=O)c4nc5c(n4C)CCN(CCCC(=O)OC(C)(C)C)C5)c3Cl)c2Cl)nc2c1CCN(CCCC(=O)NC(CC(=O)OC(C)(C)C)C(=O)NC(CC(=O)OC(C)(C)C)C(=O)O)C2. The maximum atomic E-state index is 13.9. The fourth-order valence-electron chi connectivity index (χ4n) is 9.33. The number of aromatic nitrogens is 4. The summed E-state index contributed by atoms with van der Waals surface area (Å²) < 4.78 is 19.6. The molecule has 2 aromatic carbocycles. The molecule has 2 aliphatic heterocycles. The standard InChI is InChI=1S/C56H74Cl2N10O12/c1-54(2,3)78-43(70)21-15-25-68-27-23-41-39(31-68)61-49(66(41)11)52(75)63-35-19-13-17-33(47(35)58)32-16-12-18-34(46(32)57)62-51(74)48-60-38-30-67(26-22-40(38)65(48)10)24-14-20-42(69)59-36(28-44(71)79-55(4,5)6)50(73)64-37(53(76)77)29-45(72)80-56(7,8)9/h12-13,16-19,36-37H,14-15,20-31H2,1-11H3,(H,59,69)(H,62,74)(H,63,75)(H,64,73)(H,76,77). The van der Waals surface area contributed by atoms with Crippen LogP contribution in [-0.2, 0) is 83.0 Å². The van der Waals surface area contributed by atoms with Gasteiger partial charge in [0.25, 0.3) is 11.8 Å². The molecule has 2 unspecified atom stereocenters. The summed E-state index contributed by atoms with van der Waals surface area (Å²) in [6, 6.07) is 7.08. The highest BCUT2D eigenvalue weighted by atomic mass is 35.5. The Morgan fingerprint density at radius 1 is 0.600 bits per heavy atom. The summed E-state index contributed by atoms with van der Waals surface area (Å²) in [5, 5.41) is 20.8. The molecule has 4 aromatic rings. The molecule has 22 nitrogen and oxygen atoms in total. The summed E-state index contributed by atoms with van der Waals surface area (Å²) in [6.07, 6.45) is 1.17. The molecular formula is C56H74Cl2N10O12. The van der Waals surface area contributed by atoms with Gasteiger partial charge in [-0.25, -0.2) is 14.8 Å². The summed E-state index contributed by atoms with van der Waals surface area (Å²) in [7, 11) is 3.56. The molecule has 0 fully saturated rings. The molecule has 0 spiro atoms. The molecule has 2 aliphatic rings. The fourth-order valence-corrected chi connectivity index (χ4v) is 9.88. The topological polar surface area (TPSA) is 275 Å². The average Bonchev–Trinajstić information content (AvgIpc) is 3.85. The van der Waals surface area contributed by atoms with Crippen molar-refractivity contribution in [2.45, 2.75) is 156 Å². The molecule has 0 saturated heterocycles. The number of carbonyl (C=O) groups is 8. The summed E-state index contributed by atoms with van der Waals surface area (Å²) in [6.45, 7) is 18.6. The van der Waals surface area contributed by atoms with E-state index in [1.54, 1.807) is 94.1 Å². The van der Waals surface area contributed by atoms with E-state index in [0.29, 0.717) is 93.0 Å². The number of aliphatic carboxylic acids is 1. The molecular weight excluding hydrogens is 1080 g/mol. The van der Waals surface area contributed by atoms with Crippen molar-refractivity contribution in [3.63, 3.8) is 0 Å². The van der Waals surface area contributed by atoms with Gasteiger partial charge in [-0.1, -0.05) is 47.5 Å². The number of fused-ring (bicyclic) bond motifs is 2. The van der Waals surface area contributed by atoms with Crippen LogP contribution in [0, 0.1) is 0 Å². The van der Waals surface area contributed by atoms with Crippen LogP contribution in [0.3, 0.4) is 0 Å². The summed E-state index contributed by atoms with van der Waals surface area (Å²) in [5.74, 6) is -5.58. The van der Waals surface area contributed by atoms with Crippen LogP contribution in [0.15, 0.2) is 36.4 Å². The second-order valence-corrected chi connectivity index (χ2v) is 23.7. The Morgan fingerprint density at radius 3 is 1.44 bits per heavy atom. The lowest BCUT2D eigenvalue weighted by molar-refractivity contribution is -0.159. The van der Waals surface area contributed by atoms with Crippen molar-refractivity contribution in [1.82, 2.24) is 39.5 Å². The van der Waals surface area contributed by atoms with Crippen LogP contribution < -0.4 is 21.3 Å². The van der Waals surface area contributed by atoms with Crippen LogP contribution in [-0.4, -0.2) is 137 Å². The number of hydrogen-bond acceptors (Lipinski definition) is 15. The van der Waals surface area contributed by atoms with Gasteiger partial charge < -0.3 is 49.7 Å². The molecule has 6 rings (SSSR count). The number of carboxylic acids is 1. The number of hydrogen-bond donors (Lipinski definition) is 5. The highest BCUT2D eigenvalue weighted by Crippen LogP contribution is 2.40. The van der Waals surface area contributed by atoms with Gasteiger partial charge in [-0.15, -0.1) is 0 Å². The molecule has 80 heavy (non-hydrogen) atoms. The van der Waals surface area contributed by atoms with Crippen LogP contribution in [0.25, 0.3) is 11.1 Å². The molecule has 4 heterocycles. The lowest BCUT2D eigenvalue weighted by Crippen LogP contribution is -2.53. The molecule has 0 saturated carbocycles. The quantitative estimate of drug-likeness (QED) is 0.0425. The van der Waals surface area contributed by atoms with E-state index < -0.39 is 83.3 Å². The van der Waals surface area contributed by atoms with E-state index in [0.717, 1.165) is 23.6 Å².